The minimum atomic E-state index is -0.838. The molecule has 0 spiro atoms. The summed E-state index contributed by atoms with van der Waals surface area (Å²) in [6.07, 6.45) is 2.13. The summed E-state index contributed by atoms with van der Waals surface area (Å²) in [5.41, 5.74) is 0. The molecule has 0 aromatic carbocycles. The van der Waals surface area contributed by atoms with Gasteiger partial charge < -0.3 is 9.67 Å². The minimum Gasteiger partial charge on any atom is -0.480 e. The first kappa shape index (κ1) is 10.6. The maximum Gasteiger partial charge on any atom is 0.320 e. The Hall–Kier alpha value is -1.43. The summed E-state index contributed by atoms with van der Waals surface area (Å²) in [6.45, 7) is 2.24. The monoisotopic (exact) mass is 198 g/mol. The van der Waals surface area contributed by atoms with E-state index < -0.39 is 12.0 Å². The highest BCUT2D eigenvalue weighted by Gasteiger charge is 2.14. The fraction of sp³-hybridized carbons (Fsp3) is 0.625. The number of carbonyl (C=O) groups is 1. The van der Waals surface area contributed by atoms with Crippen molar-refractivity contribution in [1.29, 1.82) is 0 Å². The van der Waals surface area contributed by atoms with E-state index in [2.05, 4.69) is 15.5 Å². The van der Waals surface area contributed by atoms with Gasteiger partial charge in [0.05, 0.1) is 6.54 Å². The SMILES string of the molecule is CCC(NCc1nncn1C)C(=O)O. The summed E-state index contributed by atoms with van der Waals surface area (Å²) in [5, 5.41) is 19.2. The van der Waals surface area contributed by atoms with Gasteiger partial charge >= 0.3 is 5.97 Å². The van der Waals surface area contributed by atoms with Crippen molar-refractivity contribution in [3.05, 3.63) is 12.2 Å². The molecule has 14 heavy (non-hydrogen) atoms. The van der Waals surface area contributed by atoms with Crippen molar-refractivity contribution in [2.45, 2.75) is 25.9 Å². The van der Waals surface area contributed by atoms with Crippen LogP contribution in [-0.2, 0) is 18.4 Å². The molecule has 0 fully saturated rings. The molecule has 0 radical (unpaired) electrons. The van der Waals surface area contributed by atoms with Gasteiger partial charge in [0.2, 0.25) is 0 Å². The van der Waals surface area contributed by atoms with Crippen molar-refractivity contribution < 1.29 is 9.90 Å². The average Bonchev–Trinajstić information content (AvgIpc) is 2.52. The molecular formula is C8H14N4O2. The van der Waals surface area contributed by atoms with E-state index in [4.69, 9.17) is 5.11 Å². The molecule has 0 saturated carbocycles. The summed E-state index contributed by atoms with van der Waals surface area (Å²) >= 11 is 0. The molecule has 0 aliphatic heterocycles. The molecule has 0 aliphatic carbocycles. The van der Waals surface area contributed by atoms with Gasteiger partial charge in [-0.05, 0) is 6.42 Å². The van der Waals surface area contributed by atoms with Gasteiger partial charge in [-0.15, -0.1) is 10.2 Å². The van der Waals surface area contributed by atoms with Crippen molar-refractivity contribution in [2.75, 3.05) is 0 Å². The van der Waals surface area contributed by atoms with Crippen molar-refractivity contribution in [3.8, 4) is 0 Å². The van der Waals surface area contributed by atoms with Gasteiger partial charge in [0.25, 0.3) is 0 Å². The van der Waals surface area contributed by atoms with Crippen LogP contribution in [0.25, 0.3) is 0 Å². The van der Waals surface area contributed by atoms with Crippen LogP contribution in [0, 0.1) is 0 Å². The molecule has 0 bridgehead atoms. The first-order chi connectivity index (χ1) is 6.65. The number of aryl methyl sites for hydroxylation is 1. The van der Waals surface area contributed by atoms with Gasteiger partial charge in [-0.3, -0.25) is 10.1 Å². The van der Waals surface area contributed by atoms with Gasteiger partial charge in [0.15, 0.2) is 0 Å². The number of carboxylic acid groups (broad SMARTS) is 1. The van der Waals surface area contributed by atoms with Crippen molar-refractivity contribution in [2.24, 2.45) is 7.05 Å². The minimum absolute atomic E-state index is 0.418. The molecule has 1 rings (SSSR count). The quantitative estimate of drug-likeness (QED) is 0.683. The van der Waals surface area contributed by atoms with E-state index in [1.165, 1.54) is 0 Å². The highest BCUT2D eigenvalue weighted by atomic mass is 16.4. The topological polar surface area (TPSA) is 80.0 Å². The Kier molecular flexibility index (Phi) is 3.58. The molecule has 2 N–H and O–H groups in total. The number of aromatic nitrogens is 3. The lowest BCUT2D eigenvalue weighted by Gasteiger charge is -2.10. The molecule has 6 heteroatoms. The third kappa shape index (κ3) is 2.53. The van der Waals surface area contributed by atoms with Crippen LogP contribution < -0.4 is 5.32 Å². The standard InChI is InChI=1S/C8H14N4O2/c1-3-6(8(13)14)9-4-7-11-10-5-12(7)2/h5-6,9H,3-4H2,1-2H3,(H,13,14). The van der Waals surface area contributed by atoms with Crippen molar-refractivity contribution in [3.63, 3.8) is 0 Å². The normalized spacial score (nSPS) is 12.7. The predicted molar refractivity (Wildman–Crippen MR) is 49.6 cm³/mol. The molecule has 1 atom stereocenters. The van der Waals surface area contributed by atoms with Gasteiger partial charge in [-0.25, -0.2) is 0 Å². The van der Waals surface area contributed by atoms with Crippen molar-refractivity contribution >= 4 is 5.97 Å². The fourth-order valence-corrected chi connectivity index (χ4v) is 1.09. The van der Waals surface area contributed by atoms with Gasteiger partial charge in [-0.1, -0.05) is 6.92 Å². The zero-order chi connectivity index (χ0) is 10.6. The molecule has 1 aromatic rings. The van der Waals surface area contributed by atoms with Gasteiger partial charge in [-0.2, -0.15) is 0 Å². The number of hydrogen-bond acceptors (Lipinski definition) is 4. The maximum absolute atomic E-state index is 10.7. The maximum atomic E-state index is 10.7. The largest absolute Gasteiger partial charge is 0.480 e. The number of nitrogens with one attached hydrogen (secondary N) is 1. The Morgan fingerprint density at radius 2 is 2.50 bits per heavy atom. The van der Waals surface area contributed by atoms with Crippen molar-refractivity contribution in [1.82, 2.24) is 20.1 Å². The summed E-state index contributed by atoms with van der Waals surface area (Å²) < 4.78 is 1.75. The number of hydrogen-bond donors (Lipinski definition) is 2. The fourth-order valence-electron chi connectivity index (χ4n) is 1.09. The van der Waals surface area contributed by atoms with E-state index in [-0.39, 0.29) is 0 Å². The molecule has 1 unspecified atom stereocenters. The zero-order valence-electron chi connectivity index (χ0n) is 8.27. The number of rotatable bonds is 5. The smallest absolute Gasteiger partial charge is 0.320 e. The molecule has 1 aromatic heterocycles. The molecule has 0 aliphatic rings. The van der Waals surface area contributed by atoms with Gasteiger partial charge in [0, 0.05) is 7.05 Å². The van der Waals surface area contributed by atoms with Crippen LogP contribution in [-0.4, -0.2) is 31.9 Å². The highest BCUT2D eigenvalue weighted by molar-refractivity contribution is 5.73. The van der Waals surface area contributed by atoms with Gasteiger partial charge in [0.1, 0.15) is 18.2 Å². The second-order valence-corrected chi connectivity index (χ2v) is 3.04. The first-order valence-corrected chi connectivity index (χ1v) is 4.44. The van der Waals surface area contributed by atoms with E-state index in [1.807, 2.05) is 14.0 Å². The second kappa shape index (κ2) is 4.71. The van der Waals surface area contributed by atoms with E-state index in [0.29, 0.717) is 13.0 Å². The van der Waals surface area contributed by atoms with Crippen LogP contribution in [0.4, 0.5) is 0 Å². The van der Waals surface area contributed by atoms with Crippen LogP contribution in [0.2, 0.25) is 0 Å². The highest BCUT2D eigenvalue weighted by Crippen LogP contribution is 1.95. The number of carboxylic acids is 1. The van der Waals surface area contributed by atoms with E-state index >= 15 is 0 Å². The third-order valence-corrected chi connectivity index (χ3v) is 2.02. The second-order valence-electron chi connectivity index (χ2n) is 3.04. The Morgan fingerprint density at radius 3 is 2.93 bits per heavy atom. The molecule has 78 valence electrons. The lowest BCUT2D eigenvalue weighted by atomic mass is 10.2. The van der Waals surface area contributed by atoms with E-state index in [1.54, 1.807) is 10.9 Å². The van der Waals surface area contributed by atoms with Crippen LogP contribution in [0.1, 0.15) is 19.2 Å². The molecular weight excluding hydrogens is 184 g/mol. The summed E-state index contributed by atoms with van der Waals surface area (Å²) in [6, 6.07) is -0.522. The van der Waals surface area contributed by atoms with Crippen LogP contribution >= 0.6 is 0 Å². The predicted octanol–water partition coefficient (Wildman–Crippen LogP) is -0.232. The summed E-state index contributed by atoms with van der Waals surface area (Å²) in [5.74, 6) is -0.112. The Morgan fingerprint density at radius 1 is 1.79 bits per heavy atom. The van der Waals surface area contributed by atoms with E-state index in [9.17, 15) is 4.79 Å². The Balaban J connectivity index is 2.47. The average molecular weight is 198 g/mol. The molecule has 1 heterocycles. The van der Waals surface area contributed by atoms with Crippen LogP contribution in [0.15, 0.2) is 6.33 Å². The Labute approximate surface area is 82.0 Å². The van der Waals surface area contributed by atoms with E-state index in [0.717, 1.165) is 5.82 Å². The summed E-state index contributed by atoms with van der Waals surface area (Å²) in [7, 11) is 1.82. The summed E-state index contributed by atoms with van der Waals surface area (Å²) in [4.78, 5) is 10.7. The lowest BCUT2D eigenvalue weighted by molar-refractivity contribution is -0.139. The first-order valence-electron chi connectivity index (χ1n) is 4.44. The molecule has 6 nitrogen and oxygen atoms in total. The molecule has 0 amide bonds. The zero-order valence-corrected chi connectivity index (χ0v) is 8.27. The number of aliphatic carboxylic acids is 1. The lowest BCUT2D eigenvalue weighted by Crippen LogP contribution is -2.36. The molecule has 0 saturated heterocycles. The third-order valence-electron chi connectivity index (χ3n) is 2.02. The Bertz CT molecular complexity index is 310. The number of nitrogens with zero attached hydrogens (tertiary/aromatic N) is 3. The van der Waals surface area contributed by atoms with Crippen LogP contribution in [0.3, 0.4) is 0 Å². The van der Waals surface area contributed by atoms with Crippen LogP contribution in [0.5, 0.6) is 0 Å².